The van der Waals surface area contributed by atoms with Gasteiger partial charge in [0, 0.05) is 19.5 Å². The van der Waals surface area contributed by atoms with Crippen LogP contribution >= 0.6 is 0 Å². The monoisotopic (exact) mass is 263 g/mol. The SMILES string of the molecule is CNCCC(=O)N1C(=O)COc2ccc(CN)cc21. The number of nitrogens with one attached hydrogen (secondary N) is 1. The molecular weight excluding hydrogens is 246 g/mol. The Kier molecular flexibility index (Phi) is 4.13. The van der Waals surface area contributed by atoms with E-state index in [1.807, 2.05) is 6.07 Å². The molecule has 0 radical (unpaired) electrons. The number of ether oxygens (including phenoxy) is 1. The second-order valence-electron chi connectivity index (χ2n) is 4.27. The summed E-state index contributed by atoms with van der Waals surface area (Å²) in [5, 5.41) is 2.89. The molecule has 6 heteroatoms. The van der Waals surface area contributed by atoms with E-state index >= 15 is 0 Å². The Morgan fingerprint density at radius 3 is 3.00 bits per heavy atom. The van der Waals surface area contributed by atoms with Crippen LogP contribution in [-0.4, -0.2) is 32.0 Å². The van der Waals surface area contributed by atoms with Crippen molar-refractivity contribution in [3.8, 4) is 5.75 Å². The fourth-order valence-electron chi connectivity index (χ4n) is 1.94. The quantitative estimate of drug-likeness (QED) is 0.799. The number of hydrogen-bond donors (Lipinski definition) is 2. The van der Waals surface area contributed by atoms with E-state index in [1.54, 1.807) is 19.2 Å². The number of nitrogens with two attached hydrogens (primary N) is 1. The van der Waals surface area contributed by atoms with Crippen LogP contribution in [0.3, 0.4) is 0 Å². The van der Waals surface area contributed by atoms with Gasteiger partial charge in [0.1, 0.15) is 5.75 Å². The van der Waals surface area contributed by atoms with Gasteiger partial charge in [-0.05, 0) is 24.7 Å². The Morgan fingerprint density at radius 2 is 2.32 bits per heavy atom. The summed E-state index contributed by atoms with van der Waals surface area (Å²) in [6.45, 7) is 0.760. The molecule has 1 heterocycles. The minimum absolute atomic E-state index is 0.111. The van der Waals surface area contributed by atoms with Gasteiger partial charge in [-0.25, -0.2) is 4.90 Å². The van der Waals surface area contributed by atoms with Gasteiger partial charge >= 0.3 is 0 Å². The summed E-state index contributed by atoms with van der Waals surface area (Å²) >= 11 is 0. The van der Waals surface area contributed by atoms with Gasteiger partial charge in [-0.2, -0.15) is 0 Å². The van der Waals surface area contributed by atoms with E-state index in [-0.39, 0.29) is 24.8 Å². The summed E-state index contributed by atoms with van der Waals surface area (Å²) in [7, 11) is 1.76. The molecule has 0 bridgehead atoms. The fraction of sp³-hybridized carbons (Fsp3) is 0.385. The lowest BCUT2D eigenvalue weighted by atomic mass is 10.1. The number of hydrogen-bond acceptors (Lipinski definition) is 5. The van der Waals surface area contributed by atoms with E-state index in [2.05, 4.69) is 5.32 Å². The maximum Gasteiger partial charge on any atom is 0.271 e. The molecule has 2 amide bonds. The van der Waals surface area contributed by atoms with E-state index in [4.69, 9.17) is 10.5 Å². The minimum atomic E-state index is -0.345. The van der Waals surface area contributed by atoms with Crippen molar-refractivity contribution < 1.29 is 14.3 Å². The molecule has 0 unspecified atom stereocenters. The van der Waals surface area contributed by atoms with Crippen LogP contribution in [0.1, 0.15) is 12.0 Å². The molecule has 0 aliphatic carbocycles. The normalized spacial score (nSPS) is 14.0. The highest BCUT2D eigenvalue weighted by Gasteiger charge is 2.30. The molecule has 19 heavy (non-hydrogen) atoms. The lowest BCUT2D eigenvalue weighted by molar-refractivity contribution is -0.128. The van der Waals surface area contributed by atoms with Gasteiger partial charge in [-0.15, -0.1) is 0 Å². The largest absolute Gasteiger partial charge is 0.482 e. The van der Waals surface area contributed by atoms with Crippen molar-refractivity contribution in [2.45, 2.75) is 13.0 Å². The van der Waals surface area contributed by atoms with Crippen LogP contribution in [-0.2, 0) is 16.1 Å². The summed E-state index contributed by atoms with van der Waals surface area (Å²) < 4.78 is 5.32. The van der Waals surface area contributed by atoms with Crippen LogP contribution in [0.25, 0.3) is 0 Å². The zero-order valence-corrected chi connectivity index (χ0v) is 10.8. The van der Waals surface area contributed by atoms with E-state index in [9.17, 15) is 9.59 Å². The molecule has 1 aliphatic rings. The van der Waals surface area contributed by atoms with Crippen molar-refractivity contribution in [2.24, 2.45) is 5.73 Å². The summed E-state index contributed by atoms with van der Waals surface area (Å²) in [5.74, 6) is -0.0459. The molecule has 1 aliphatic heterocycles. The number of anilines is 1. The third-order valence-corrected chi connectivity index (χ3v) is 2.94. The van der Waals surface area contributed by atoms with Gasteiger partial charge in [0.25, 0.3) is 5.91 Å². The van der Waals surface area contributed by atoms with E-state index in [0.29, 0.717) is 24.5 Å². The van der Waals surface area contributed by atoms with Gasteiger partial charge < -0.3 is 15.8 Å². The highest BCUT2D eigenvalue weighted by atomic mass is 16.5. The van der Waals surface area contributed by atoms with Crippen LogP contribution in [0.4, 0.5) is 5.69 Å². The fourth-order valence-corrected chi connectivity index (χ4v) is 1.94. The average Bonchev–Trinajstić information content (AvgIpc) is 2.43. The second kappa shape index (κ2) is 5.81. The number of benzene rings is 1. The topological polar surface area (TPSA) is 84.7 Å². The van der Waals surface area contributed by atoms with Crippen molar-refractivity contribution in [2.75, 3.05) is 25.1 Å². The van der Waals surface area contributed by atoms with Crippen LogP contribution in [0.5, 0.6) is 5.75 Å². The second-order valence-corrected chi connectivity index (χ2v) is 4.27. The maximum absolute atomic E-state index is 12.1. The molecule has 2 rings (SSSR count). The van der Waals surface area contributed by atoms with E-state index in [1.165, 1.54) is 4.90 Å². The van der Waals surface area contributed by atoms with Gasteiger partial charge in [-0.3, -0.25) is 9.59 Å². The zero-order valence-electron chi connectivity index (χ0n) is 10.8. The number of nitrogens with zero attached hydrogens (tertiary/aromatic N) is 1. The molecule has 6 nitrogen and oxygen atoms in total. The van der Waals surface area contributed by atoms with Gasteiger partial charge in [0.2, 0.25) is 5.91 Å². The average molecular weight is 263 g/mol. The Bertz CT molecular complexity index is 502. The third kappa shape index (κ3) is 2.74. The van der Waals surface area contributed by atoms with Crippen molar-refractivity contribution in [3.63, 3.8) is 0 Å². The van der Waals surface area contributed by atoms with Crippen LogP contribution in [0, 0.1) is 0 Å². The number of rotatable bonds is 4. The smallest absolute Gasteiger partial charge is 0.271 e. The van der Waals surface area contributed by atoms with Gasteiger partial charge in [0.05, 0.1) is 5.69 Å². The summed E-state index contributed by atoms with van der Waals surface area (Å²) in [6, 6.07) is 5.29. The number of carbonyl (C=O) groups excluding carboxylic acids is 2. The Hall–Kier alpha value is -1.92. The molecule has 0 saturated carbocycles. The van der Waals surface area contributed by atoms with E-state index < -0.39 is 0 Å². The third-order valence-electron chi connectivity index (χ3n) is 2.94. The Labute approximate surface area is 111 Å². The molecule has 0 atom stereocenters. The number of fused-ring (bicyclic) bond motifs is 1. The molecule has 1 aromatic rings. The number of imide groups is 1. The molecule has 0 saturated heterocycles. The first kappa shape index (κ1) is 13.5. The molecular formula is C13H17N3O3. The highest BCUT2D eigenvalue weighted by molar-refractivity contribution is 6.17. The predicted molar refractivity (Wildman–Crippen MR) is 70.9 cm³/mol. The summed E-state index contributed by atoms with van der Waals surface area (Å²) in [4.78, 5) is 25.2. The number of carbonyl (C=O) groups is 2. The predicted octanol–water partition coefficient (Wildman–Crippen LogP) is 0.00680. The molecule has 1 aromatic carbocycles. The molecule has 0 fully saturated rings. The molecule has 0 spiro atoms. The molecule has 102 valence electrons. The first-order chi connectivity index (χ1) is 9.17. The standard InChI is InChI=1S/C13H17N3O3/c1-15-5-4-12(17)16-10-6-9(7-14)2-3-11(10)19-8-13(16)18/h2-3,6,15H,4-5,7-8,14H2,1H3. The highest BCUT2D eigenvalue weighted by Crippen LogP contribution is 2.33. The summed E-state index contributed by atoms with van der Waals surface area (Å²) in [6.07, 6.45) is 0.258. The van der Waals surface area contributed by atoms with E-state index in [0.717, 1.165) is 5.56 Å². The van der Waals surface area contributed by atoms with Crippen LogP contribution in [0.15, 0.2) is 18.2 Å². The van der Waals surface area contributed by atoms with Crippen molar-refractivity contribution in [3.05, 3.63) is 23.8 Å². The number of amides is 2. The van der Waals surface area contributed by atoms with Crippen molar-refractivity contribution >= 4 is 17.5 Å². The maximum atomic E-state index is 12.1. The van der Waals surface area contributed by atoms with Crippen molar-refractivity contribution in [1.82, 2.24) is 5.32 Å². The van der Waals surface area contributed by atoms with Crippen LogP contribution in [0.2, 0.25) is 0 Å². The summed E-state index contributed by atoms with van der Waals surface area (Å²) in [5.41, 5.74) is 6.92. The van der Waals surface area contributed by atoms with Gasteiger partial charge in [0.15, 0.2) is 6.61 Å². The lowest BCUT2D eigenvalue weighted by Gasteiger charge is -2.28. The Balaban J connectivity index is 2.33. The minimum Gasteiger partial charge on any atom is -0.482 e. The van der Waals surface area contributed by atoms with Crippen LogP contribution < -0.4 is 20.7 Å². The first-order valence-corrected chi connectivity index (χ1v) is 6.13. The molecule has 3 N–H and O–H groups in total. The zero-order chi connectivity index (χ0) is 13.8. The van der Waals surface area contributed by atoms with Crippen molar-refractivity contribution in [1.29, 1.82) is 0 Å². The lowest BCUT2D eigenvalue weighted by Crippen LogP contribution is -2.44. The first-order valence-electron chi connectivity index (χ1n) is 6.13. The van der Waals surface area contributed by atoms with Gasteiger partial charge in [-0.1, -0.05) is 6.07 Å². The Morgan fingerprint density at radius 1 is 1.53 bits per heavy atom. The molecule has 0 aromatic heterocycles.